The molecule has 0 aliphatic carbocycles. The second-order valence-corrected chi connectivity index (χ2v) is 4.15. The van der Waals surface area contributed by atoms with Crippen molar-refractivity contribution in [3.63, 3.8) is 0 Å². The van der Waals surface area contributed by atoms with Gasteiger partial charge < -0.3 is 10.6 Å². The van der Waals surface area contributed by atoms with Gasteiger partial charge in [0, 0.05) is 18.4 Å². The molecule has 1 rings (SSSR count). The van der Waals surface area contributed by atoms with Gasteiger partial charge >= 0.3 is 12.3 Å². The van der Waals surface area contributed by atoms with Crippen molar-refractivity contribution in [3.8, 4) is 0 Å². The fraction of sp³-hybridized carbons (Fsp3) is 0.500. The van der Waals surface area contributed by atoms with Crippen LogP contribution < -0.4 is 10.6 Å². The van der Waals surface area contributed by atoms with E-state index in [4.69, 9.17) is 0 Å². The molecule has 0 radical (unpaired) electrons. The number of nitrogens with zero attached hydrogens (tertiary/aromatic N) is 1. The summed E-state index contributed by atoms with van der Waals surface area (Å²) in [5.41, 5.74) is 1.08. The molecule has 0 aliphatic rings. The fourth-order valence-electron chi connectivity index (χ4n) is 1.45. The number of hydrogen-bond donors (Lipinski definition) is 2. The minimum absolute atomic E-state index is 0.0301. The third-order valence-electron chi connectivity index (χ3n) is 2.46. The first-order valence-electron chi connectivity index (χ1n) is 5.92. The molecule has 20 heavy (non-hydrogen) atoms. The SMILES string of the molecule is CCNc1cc(C)ncc1C(=O)NCC(F)(F)C(F)F. The van der Waals surface area contributed by atoms with E-state index in [1.807, 2.05) is 0 Å². The van der Waals surface area contributed by atoms with Crippen LogP contribution in [0.25, 0.3) is 0 Å². The lowest BCUT2D eigenvalue weighted by molar-refractivity contribution is -0.123. The Kier molecular flexibility index (Phi) is 5.29. The summed E-state index contributed by atoms with van der Waals surface area (Å²) in [6.07, 6.45) is -2.62. The lowest BCUT2D eigenvalue weighted by Crippen LogP contribution is -2.41. The van der Waals surface area contributed by atoms with Crippen LogP contribution in [0.5, 0.6) is 0 Å². The number of aryl methyl sites for hydroxylation is 1. The Morgan fingerprint density at radius 2 is 2.10 bits per heavy atom. The zero-order chi connectivity index (χ0) is 15.3. The van der Waals surface area contributed by atoms with Crippen LogP contribution >= 0.6 is 0 Å². The predicted molar refractivity (Wildman–Crippen MR) is 66.4 cm³/mol. The molecule has 1 amide bonds. The number of amides is 1. The molecule has 0 fully saturated rings. The average Bonchev–Trinajstić information content (AvgIpc) is 2.36. The first kappa shape index (κ1) is 16.2. The van der Waals surface area contributed by atoms with Crippen LogP contribution in [0.15, 0.2) is 12.3 Å². The number of nitrogens with one attached hydrogen (secondary N) is 2. The summed E-state index contributed by atoms with van der Waals surface area (Å²) >= 11 is 0. The molecule has 0 unspecified atom stereocenters. The summed E-state index contributed by atoms with van der Waals surface area (Å²) in [6.45, 7) is 2.58. The number of aromatic nitrogens is 1. The molecule has 1 aromatic rings. The highest BCUT2D eigenvalue weighted by atomic mass is 19.3. The number of carbonyl (C=O) groups excluding carboxylic acids is 1. The Morgan fingerprint density at radius 3 is 2.65 bits per heavy atom. The molecule has 0 aliphatic heterocycles. The molecule has 0 aromatic carbocycles. The normalized spacial score (nSPS) is 11.6. The first-order chi connectivity index (χ1) is 9.27. The maximum Gasteiger partial charge on any atom is 0.324 e. The quantitative estimate of drug-likeness (QED) is 0.792. The molecule has 0 saturated heterocycles. The van der Waals surface area contributed by atoms with E-state index in [0.29, 0.717) is 17.9 Å². The summed E-state index contributed by atoms with van der Waals surface area (Å²) in [5, 5.41) is 4.67. The average molecular weight is 293 g/mol. The van der Waals surface area contributed by atoms with Gasteiger partial charge in [-0.15, -0.1) is 0 Å². The van der Waals surface area contributed by atoms with Crippen molar-refractivity contribution < 1.29 is 22.4 Å². The number of hydrogen-bond acceptors (Lipinski definition) is 3. The second kappa shape index (κ2) is 6.53. The summed E-state index contributed by atoms with van der Waals surface area (Å²) in [5.74, 6) is -5.14. The van der Waals surface area contributed by atoms with E-state index >= 15 is 0 Å². The molecule has 0 atom stereocenters. The molecule has 4 nitrogen and oxygen atoms in total. The van der Waals surface area contributed by atoms with Crippen LogP contribution in [-0.2, 0) is 0 Å². The third kappa shape index (κ3) is 4.07. The van der Waals surface area contributed by atoms with E-state index in [1.165, 1.54) is 6.20 Å². The zero-order valence-electron chi connectivity index (χ0n) is 11.0. The van der Waals surface area contributed by atoms with E-state index < -0.39 is 24.8 Å². The van der Waals surface area contributed by atoms with Gasteiger partial charge in [0.05, 0.1) is 17.8 Å². The topological polar surface area (TPSA) is 54.0 Å². The van der Waals surface area contributed by atoms with Crippen LogP contribution in [0, 0.1) is 6.92 Å². The van der Waals surface area contributed by atoms with Gasteiger partial charge in [0.15, 0.2) is 0 Å². The molecular weight excluding hydrogens is 278 g/mol. The monoisotopic (exact) mass is 293 g/mol. The third-order valence-corrected chi connectivity index (χ3v) is 2.46. The minimum Gasteiger partial charge on any atom is -0.385 e. The van der Waals surface area contributed by atoms with E-state index in [0.717, 1.165) is 0 Å². The molecule has 2 N–H and O–H groups in total. The summed E-state index contributed by atoms with van der Waals surface area (Å²) in [4.78, 5) is 15.6. The van der Waals surface area contributed by atoms with E-state index in [-0.39, 0.29) is 5.56 Å². The maximum atomic E-state index is 12.7. The Morgan fingerprint density at radius 1 is 1.45 bits per heavy atom. The lowest BCUT2D eigenvalue weighted by Gasteiger charge is -2.17. The van der Waals surface area contributed by atoms with Gasteiger partial charge in [-0.2, -0.15) is 8.78 Å². The van der Waals surface area contributed by atoms with Crippen molar-refractivity contribution in [1.82, 2.24) is 10.3 Å². The second-order valence-electron chi connectivity index (χ2n) is 4.15. The van der Waals surface area contributed by atoms with Crippen molar-refractivity contribution >= 4 is 11.6 Å². The van der Waals surface area contributed by atoms with Crippen molar-refractivity contribution in [2.75, 3.05) is 18.4 Å². The summed E-state index contributed by atoms with van der Waals surface area (Å²) in [6, 6.07) is 1.57. The van der Waals surface area contributed by atoms with Crippen LogP contribution in [0.4, 0.5) is 23.2 Å². The Labute approximate surface area is 113 Å². The molecular formula is C12H15F4N3O. The van der Waals surface area contributed by atoms with Gasteiger partial charge in [-0.3, -0.25) is 9.78 Å². The molecule has 1 aromatic heterocycles. The maximum absolute atomic E-state index is 12.7. The van der Waals surface area contributed by atoms with Gasteiger partial charge in [0.1, 0.15) is 0 Å². The Balaban J connectivity index is 2.82. The Bertz CT molecular complexity index is 480. The number of halogens is 4. The van der Waals surface area contributed by atoms with Crippen LogP contribution in [-0.4, -0.2) is 36.3 Å². The van der Waals surface area contributed by atoms with E-state index in [9.17, 15) is 22.4 Å². The minimum atomic E-state index is -4.26. The van der Waals surface area contributed by atoms with Crippen LogP contribution in [0.2, 0.25) is 0 Å². The van der Waals surface area contributed by atoms with E-state index in [1.54, 1.807) is 25.2 Å². The number of pyridine rings is 1. The van der Waals surface area contributed by atoms with Crippen LogP contribution in [0.1, 0.15) is 23.0 Å². The number of carbonyl (C=O) groups is 1. The predicted octanol–water partition coefficient (Wildman–Crippen LogP) is 2.45. The lowest BCUT2D eigenvalue weighted by atomic mass is 10.2. The molecule has 1 heterocycles. The molecule has 0 bridgehead atoms. The molecule has 112 valence electrons. The van der Waals surface area contributed by atoms with Gasteiger partial charge in [0.25, 0.3) is 5.91 Å². The molecule has 0 spiro atoms. The Hall–Kier alpha value is -1.86. The van der Waals surface area contributed by atoms with Gasteiger partial charge in [0.2, 0.25) is 0 Å². The standard InChI is InChI=1S/C12H15F4N3O/c1-3-17-9-4-7(2)18-5-8(9)10(20)19-6-12(15,16)11(13)14/h4-5,11H,3,6H2,1-2H3,(H,17,18)(H,19,20). The number of rotatable bonds is 6. The van der Waals surface area contributed by atoms with Crippen molar-refractivity contribution in [2.24, 2.45) is 0 Å². The van der Waals surface area contributed by atoms with E-state index in [2.05, 4.69) is 10.3 Å². The van der Waals surface area contributed by atoms with Crippen molar-refractivity contribution in [1.29, 1.82) is 0 Å². The number of anilines is 1. The smallest absolute Gasteiger partial charge is 0.324 e. The highest BCUT2D eigenvalue weighted by molar-refractivity contribution is 5.99. The molecule has 0 saturated carbocycles. The van der Waals surface area contributed by atoms with Crippen molar-refractivity contribution in [2.45, 2.75) is 26.2 Å². The summed E-state index contributed by atoms with van der Waals surface area (Å²) in [7, 11) is 0. The van der Waals surface area contributed by atoms with Crippen LogP contribution in [0.3, 0.4) is 0 Å². The summed E-state index contributed by atoms with van der Waals surface area (Å²) < 4.78 is 49.5. The van der Waals surface area contributed by atoms with Gasteiger partial charge in [-0.05, 0) is 19.9 Å². The highest BCUT2D eigenvalue weighted by Crippen LogP contribution is 2.22. The fourth-order valence-corrected chi connectivity index (χ4v) is 1.45. The first-order valence-corrected chi connectivity index (χ1v) is 5.92. The molecule has 8 heteroatoms. The highest BCUT2D eigenvalue weighted by Gasteiger charge is 2.40. The largest absolute Gasteiger partial charge is 0.385 e. The van der Waals surface area contributed by atoms with Gasteiger partial charge in [-0.1, -0.05) is 0 Å². The number of alkyl halides is 4. The van der Waals surface area contributed by atoms with Crippen molar-refractivity contribution in [3.05, 3.63) is 23.5 Å². The zero-order valence-corrected chi connectivity index (χ0v) is 11.0. The van der Waals surface area contributed by atoms with Gasteiger partial charge in [-0.25, -0.2) is 8.78 Å².